The molecule has 3 rings (SSSR count). The second-order valence-corrected chi connectivity index (χ2v) is 7.18. The summed E-state index contributed by atoms with van der Waals surface area (Å²) >= 11 is 0. The molecule has 0 fully saturated rings. The SMILES string of the molecule is CC(C)c1cccc2c1ccn2S(=O)(=O)c1ccccc1. The fraction of sp³-hybridized carbons (Fsp3) is 0.176. The van der Waals surface area contributed by atoms with E-state index in [1.165, 1.54) is 3.97 Å². The second-order valence-electron chi connectivity index (χ2n) is 5.36. The largest absolute Gasteiger partial charge is 0.268 e. The smallest absolute Gasteiger partial charge is 0.241 e. The van der Waals surface area contributed by atoms with E-state index in [4.69, 9.17) is 0 Å². The van der Waals surface area contributed by atoms with Gasteiger partial charge in [-0.05, 0) is 35.7 Å². The highest BCUT2D eigenvalue weighted by molar-refractivity contribution is 7.90. The quantitative estimate of drug-likeness (QED) is 0.733. The Hall–Kier alpha value is -2.07. The zero-order valence-electron chi connectivity index (χ0n) is 12.0. The van der Waals surface area contributed by atoms with Crippen molar-refractivity contribution in [3.05, 3.63) is 66.4 Å². The lowest BCUT2D eigenvalue weighted by atomic mass is 10.00. The van der Waals surface area contributed by atoms with E-state index in [0.29, 0.717) is 10.8 Å². The van der Waals surface area contributed by atoms with Crippen LogP contribution in [0.3, 0.4) is 0 Å². The van der Waals surface area contributed by atoms with Gasteiger partial charge in [0.05, 0.1) is 10.4 Å². The topological polar surface area (TPSA) is 39.1 Å². The maximum atomic E-state index is 12.8. The van der Waals surface area contributed by atoms with E-state index in [2.05, 4.69) is 13.8 Å². The maximum Gasteiger partial charge on any atom is 0.268 e. The van der Waals surface area contributed by atoms with Gasteiger partial charge in [-0.2, -0.15) is 0 Å². The molecular formula is C17H17NO2S. The third-order valence-corrected chi connectivity index (χ3v) is 5.36. The van der Waals surface area contributed by atoms with Gasteiger partial charge in [-0.25, -0.2) is 12.4 Å². The Morgan fingerprint density at radius 1 is 0.905 bits per heavy atom. The fourth-order valence-corrected chi connectivity index (χ4v) is 3.95. The molecule has 0 unspecified atom stereocenters. The molecule has 0 aliphatic heterocycles. The van der Waals surface area contributed by atoms with Crippen LogP contribution in [0.25, 0.3) is 10.9 Å². The molecule has 21 heavy (non-hydrogen) atoms. The van der Waals surface area contributed by atoms with Crippen molar-refractivity contribution in [2.75, 3.05) is 0 Å². The molecule has 0 saturated heterocycles. The number of nitrogens with zero attached hydrogens (tertiary/aromatic N) is 1. The lowest BCUT2D eigenvalue weighted by Gasteiger charge is -2.10. The molecule has 2 aromatic carbocycles. The van der Waals surface area contributed by atoms with Crippen LogP contribution in [0.1, 0.15) is 25.3 Å². The molecule has 0 saturated carbocycles. The van der Waals surface area contributed by atoms with E-state index < -0.39 is 10.0 Å². The van der Waals surface area contributed by atoms with Gasteiger partial charge >= 0.3 is 0 Å². The van der Waals surface area contributed by atoms with Crippen LogP contribution >= 0.6 is 0 Å². The minimum atomic E-state index is -3.55. The van der Waals surface area contributed by atoms with Crippen molar-refractivity contribution in [3.63, 3.8) is 0 Å². The van der Waals surface area contributed by atoms with Crippen molar-refractivity contribution in [2.24, 2.45) is 0 Å². The molecule has 0 bridgehead atoms. The second kappa shape index (κ2) is 5.04. The summed E-state index contributed by atoms with van der Waals surface area (Å²) in [6.45, 7) is 4.22. The van der Waals surface area contributed by atoms with Gasteiger partial charge in [0.1, 0.15) is 0 Å². The summed E-state index contributed by atoms with van der Waals surface area (Å²) in [4.78, 5) is 0.303. The normalized spacial score (nSPS) is 12.1. The third-order valence-electron chi connectivity index (χ3n) is 3.65. The van der Waals surface area contributed by atoms with Gasteiger partial charge < -0.3 is 0 Å². The van der Waals surface area contributed by atoms with Gasteiger partial charge in [0.25, 0.3) is 10.0 Å². The zero-order valence-corrected chi connectivity index (χ0v) is 12.8. The molecular weight excluding hydrogens is 282 g/mol. The highest BCUT2D eigenvalue weighted by Gasteiger charge is 2.19. The lowest BCUT2D eigenvalue weighted by molar-refractivity contribution is 0.589. The standard InChI is InChI=1S/C17H17NO2S/c1-13(2)15-9-6-10-17-16(15)11-12-18(17)21(19,20)14-7-4-3-5-8-14/h3-13H,1-2H3. The molecule has 3 aromatic rings. The molecule has 0 N–H and O–H groups in total. The summed E-state index contributed by atoms with van der Waals surface area (Å²) in [7, 11) is -3.55. The van der Waals surface area contributed by atoms with E-state index in [9.17, 15) is 8.42 Å². The van der Waals surface area contributed by atoms with Crippen molar-refractivity contribution in [1.82, 2.24) is 3.97 Å². The molecule has 0 amide bonds. The molecule has 0 radical (unpaired) electrons. The Bertz CT molecular complexity index is 878. The molecule has 4 heteroatoms. The van der Waals surface area contributed by atoms with Crippen molar-refractivity contribution < 1.29 is 8.42 Å². The molecule has 0 atom stereocenters. The monoisotopic (exact) mass is 299 g/mol. The Balaban J connectivity index is 2.25. The first kappa shape index (κ1) is 13.9. The molecule has 108 valence electrons. The highest BCUT2D eigenvalue weighted by Crippen LogP contribution is 2.28. The molecule has 1 heterocycles. The number of benzene rings is 2. The minimum absolute atomic E-state index is 0.303. The van der Waals surface area contributed by atoms with Gasteiger partial charge in [-0.15, -0.1) is 0 Å². The van der Waals surface area contributed by atoms with Crippen LogP contribution < -0.4 is 0 Å². The molecule has 0 aliphatic carbocycles. The van der Waals surface area contributed by atoms with Crippen LogP contribution in [-0.4, -0.2) is 12.4 Å². The molecule has 0 spiro atoms. The number of fused-ring (bicyclic) bond motifs is 1. The average Bonchev–Trinajstić information content (AvgIpc) is 2.92. The van der Waals surface area contributed by atoms with Crippen LogP contribution in [-0.2, 0) is 10.0 Å². The molecule has 1 aromatic heterocycles. The first-order valence-electron chi connectivity index (χ1n) is 6.92. The summed E-state index contributed by atoms with van der Waals surface area (Å²) in [5, 5.41) is 0.993. The minimum Gasteiger partial charge on any atom is -0.241 e. The van der Waals surface area contributed by atoms with E-state index in [-0.39, 0.29) is 0 Å². The van der Waals surface area contributed by atoms with E-state index >= 15 is 0 Å². The zero-order chi connectivity index (χ0) is 15.0. The summed E-state index contributed by atoms with van der Waals surface area (Å²) in [5.41, 5.74) is 1.89. The predicted molar refractivity (Wildman–Crippen MR) is 85.1 cm³/mol. The summed E-state index contributed by atoms with van der Waals surface area (Å²) in [5.74, 6) is 0.351. The van der Waals surface area contributed by atoms with Crippen LogP contribution in [0, 0.1) is 0 Å². The van der Waals surface area contributed by atoms with Crippen molar-refractivity contribution in [3.8, 4) is 0 Å². The van der Waals surface area contributed by atoms with Gasteiger partial charge in [-0.3, -0.25) is 0 Å². The Morgan fingerprint density at radius 3 is 2.29 bits per heavy atom. The van der Waals surface area contributed by atoms with Crippen molar-refractivity contribution in [1.29, 1.82) is 0 Å². The number of rotatable bonds is 3. The molecule has 0 aliphatic rings. The maximum absolute atomic E-state index is 12.8. The van der Waals surface area contributed by atoms with Gasteiger partial charge in [0.2, 0.25) is 0 Å². The lowest BCUT2D eigenvalue weighted by Crippen LogP contribution is -2.11. The van der Waals surface area contributed by atoms with E-state index in [1.54, 1.807) is 30.5 Å². The summed E-state index contributed by atoms with van der Waals surface area (Å²) in [6, 6.07) is 16.2. The highest BCUT2D eigenvalue weighted by atomic mass is 32.2. The van der Waals surface area contributed by atoms with Crippen molar-refractivity contribution in [2.45, 2.75) is 24.7 Å². The van der Waals surface area contributed by atoms with E-state index in [1.807, 2.05) is 30.3 Å². The third kappa shape index (κ3) is 2.25. The molecule has 3 nitrogen and oxygen atoms in total. The number of aromatic nitrogens is 1. The Morgan fingerprint density at radius 2 is 1.62 bits per heavy atom. The number of hydrogen-bond acceptors (Lipinski definition) is 2. The van der Waals surface area contributed by atoms with Gasteiger partial charge in [0, 0.05) is 11.6 Å². The summed E-state index contributed by atoms with van der Waals surface area (Å²) < 4.78 is 26.9. The van der Waals surface area contributed by atoms with Crippen LogP contribution in [0.4, 0.5) is 0 Å². The number of hydrogen-bond donors (Lipinski definition) is 0. The first-order valence-corrected chi connectivity index (χ1v) is 8.36. The van der Waals surface area contributed by atoms with Crippen LogP contribution in [0.15, 0.2) is 65.7 Å². The van der Waals surface area contributed by atoms with Crippen molar-refractivity contribution >= 4 is 20.9 Å². The van der Waals surface area contributed by atoms with E-state index in [0.717, 1.165) is 16.5 Å². The van der Waals surface area contributed by atoms with Gasteiger partial charge in [0.15, 0.2) is 0 Å². The fourth-order valence-electron chi connectivity index (χ4n) is 2.59. The average molecular weight is 299 g/mol. The van der Waals surface area contributed by atoms with Gasteiger partial charge in [-0.1, -0.05) is 44.2 Å². The van der Waals surface area contributed by atoms with Crippen LogP contribution in [0.2, 0.25) is 0 Å². The Kier molecular flexibility index (Phi) is 3.33. The summed E-state index contributed by atoms with van der Waals surface area (Å²) in [6.07, 6.45) is 1.64. The first-order chi connectivity index (χ1) is 10.0. The Labute approximate surface area is 124 Å². The predicted octanol–water partition coefficient (Wildman–Crippen LogP) is 4.00. The van der Waals surface area contributed by atoms with Crippen LogP contribution in [0.5, 0.6) is 0 Å².